The van der Waals surface area contributed by atoms with Crippen LogP contribution >= 0.6 is 0 Å². The molecule has 2 atom stereocenters. The maximum absolute atomic E-state index is 12.9. The van der Waals surface area contributed by atoms with E-state index in [9.17, 15) is 13.2 Å². The highest BCUT2D eigenvalue weighted by Crippen LogP contribution is 2.34. The van der Waals surface area contributed by atoms with Gasteiger partial charge in [-0.15, -0.1) is 10.2 Å². The van der Waals surface area contributed by atoms with Crippen molar-refractivity contribution in [2.24, 2.45) is 17.1 Å². The van der Waals surface area contributed by atoms with E-state index in [1.807, 2.05) is 0 Å². The molecule has 2 unspecified atom stereocenters. The van der Waals surface area contributed by atoms with Gasteiger partial charge in [0.1, 0.15) is 11.6 Å². The summed E-state index contributed by atoms with van der Waals surface area (Å²) in [4.78, 5) is 0. The van der Waals surface area contributed by atoms with Gasteiger partial charge < -0.3 is 10.3 Å². The van der Waals surface area contributed by atoms with Crippen LogP contribution in [0.1, 0.15) is 45.3 Å². The predicted molar refractivity (Wildman–Crippen MR) is 73.6 cm³/mol. The predicted octanol–water partition coefficient (Wildman–Crippen LogP) is 2.71. The Morgan fingerprint density at radius 3 is 2.52 bits per heavy atom. The van der Waals surface area contributed by atoms with Gasteiger partial charge in [-0.1, -0.05) is 20.8 Å². The summed E-state index contributed by atoms with van der Waals surface area (Å²) in [6.45, 7) is 6.19. The lowest BCUT2D eigenvalue weighted by atomic mass is 9.87. The molecule has 4 nitrogen and oxygen atoms in total. The van der Waals surface area contributed by atoms with Gasteiger partial charge in [-0.3, -0.25) is 0 Å². The number of hydrogen-bond acceptors (Lipinski definition) is 3. The van der Waals surface area contributed by atoms with E-state index in [-0.39, 0.29) is 24.4 Å². The zero-order valence-corrected chi connectivity index (χ0v) is 12.7. The molecule has 2 N–H and O–H groups in total. The van der Waals surface area contributed by atoms with Crippen molar-refractivity contribution in [3.63, 3.8) is 0 Å². The average Bonchev–Trinajstić information content (AvgIpc) is 2.68. The fourth-order valence-electron chi connectivity index (χ4n) is 2.89. The normalized spacial score (nSPS) is 21.2. The fourth-order valence-corrected chi connectivity index (χ4v) is 2.89. The third-order valence-electron chi connectivity index (χ3n) is 3.81. The van der Waals surface area contributed by atoms with Crippen LogP contribution in [0.5, 0.6) is 0 Å². The second-order valence-electron chi connectivity index (χ2n) is 7.15. The largest absolute Gasteiger partial charge is 0.393 e. The van der Waals surface area contributed by atoms with Gasteiger partial charge in [0.05, 0.1) is 5.92 Å². The molecule has 21 heavy (non-hydrogen) atoms. The van der Waals surface area contributed by atoms with E-state index in [1.165, 1.54) is 0 Å². The van der Waals surface area contributed by atoms with Crippen LogP contribution in [0.15, 0.2) is 0 Å². The Kier molecular flexibility index (Phi) is 4.33. The third-order valence-corrected chi connectivity index (χ3v) is 3.81. The Morgan fingerprint density at radius 2 is 1.95 bits per heavy atom. The number of hydrogen-bond donors (Lipinski definition) is 1. The molecule has 0 aliphatic carbocycles. The lowest BCUT2D eigenvalue weighted by Crippen LogP contribution is -2.34. The van der Waals surface area contributed by atoms with E-state index in [0.717, 1.165) is 6.42 Å². The minimum absolute atomic E-state index is 0.0800. The van der Waals surface area contributed by atoms with E-state index in [4.69, 9.17) is 5.73 Å². The van der Waals surface area contributed by atoms with Crippen molar-refractivity contribution in [1.29, 1.82) is 0 Å². The Bertz CT molecular complexity index is 487. The summed E-state index contributed by atoms with van der Waals surface area (Å²) in [5.41, 5.74) is 6.18. The molecule has 2 heterocycles. The van der Waals surface area contributed by atoms with Crippen molar-refractivity contribution in [1.82, 2.24) is 14.8 Å². The van der Waals surface area contributed by atoms with Gasteiger partial charge in [-0.05, 0) is 18.3 Å². The summed E-state index contributed by atoms with van der Waals surface area (Å²) in [6.07, 6.45) is -2.49. The van der Waals surface area contributed by atoms with Crippen LogP contribution in [0.25, 0.3) is 0 Å². The monoisotopic (exact) mass is 304 g/mol. The summed E-state index contributed by atoms with van der Waals surface area (Å²) in [5.74, 6) is -0.0808. The quantitative estimate of drug-likeness (QED) is 0.934. The SMILES string of the molecule is CC(C)(C)CC(N)Cc1nnc2n1CC(C(F)(F)F)CC2. The molecule has 0 amide bonds. The van der Waals surface area contributed by atoms with Crippen LogP contribution in [-0.4, -0.2) is 27.0 Å². The molecule has 0 aromatic carbocycles. The Hall–Kier alpha value is -1.11. The average molecular weight is 304 g/mol. The molecule has 0 spiro atoms. The number of aromatic nitrogens is 3. The third kappa shape index (κ3) is 4.18. The second-order valence-corrected chi connectivity index (χ2v) is 7.15. The van der Waals surface area contributed by atoms with Crippen LogP contribution in [0, 0.1) is 11.3 Å². The van der Waals surface area contributed by atoms with Crippen LogP contribution < -0.4 is 5.73 Å². The van der Waals surface area contributed by atoms with Crippen LogP contribution in [0.4, 0.5) is 13.2 Å². The maximum atomic E-state index is 12.9. The molecule has 0 saturated heterocycles. The molecule has 7 heteroatoms. The van der Waals surface area contributed by atoms with Crippen molar-refractivity contribution in [2.45, 2.75) is 65.2 Å². The summed E-state index contributed by atoms with van der Waals surface area (Å²) >= 11 is 0. The highest BCUT2D eigenvalue weighted by Gasteiger charge is 2.42. The number of aryl methyl sites for hydroxylation is 1. The first-order valence-electron chi connectivity index (χ1n) is 7.29. The van der Waals surface area contributed by atoms with Gasteiger partial charge in [0.25, 0.3) is 0 Å². The smallest absolute Gasteiger partial charge is 0.327 e. The summed E-state index contributed by atoms with van der Waals surface area (Å²) < 4.78 is 40.3. The van der Waals surface area contributed by atoms with Crippen molar-refractivity contribution in [3.05, 3.63) is 11.6 Å². The molecular weight excluding hydrogens is 281 g/mol. The van der Waals surface area contributed by atoms with Gasteiger partial charge >= 0.3 is 6.18 Å². The molecule has 0 fully saturated rings. The maximum Gasteiger partial charge on any atom is 0.393 e. The van der Waals surface area contributed by atoms with Gasteiger partial charge in [0.2, 0.25) is 0 Å². The molecular formula is C14H23F3N4. The van der Waals surface area contributed by atoms with Gasteiger partial charge in [0.15, 0.2) is 0 Å². The number of fused-ring (bicyclic) bond motifs is 1. The first kappa shape index (κ1) is 16.3. The number of rotatable bonds is 3. The van der Waals surface area contributed by atoms with Gasteiger partial charge in [0, 0.05) is 25.4 Å². The summed E-state index contributed by atoms with van der Waals surface area (Å²) in [5, 5.41) is 8.06. The molecule has 1 aliphatic rings. The molecule has 120 valence electrons. The summed E-state index contributed by atoms with van der Waals surface area (Å²) in [7, 11) is 0. The minimum Gasteiger partial charge on any atom is -0.327 e. The first-order valence-corrected chi connectivity index (χ1v) is 7.29. The van der Waals surface area contributed by atoms with Crippen molar-refractivity contribution >= 4 is 0 Å². The highest BCUT2D eigenvalue weighted by molar-refractivity contribution is 5.02. The molecule has 2 rings (SSSR count). The molecule has 0 saturated carbocycles. The van der Waals surface area contributed by atoms with E-state index < -0.39 is 12.1 Å². The van der Waals surface area contributed by atoms with Gasteiger partial charge in [-0.25, -0.2) is 0 Å². The number of nitrogens with two attached hydrogens (primary N) is 1. The lowest BCUT2D eigenvalue weighted by molar-refractivity contribution is -0.182. The fraction of sp³-hybridized carbons (Fsp3) is 0.857. The van der Waals surface area contributed by atoms with E-state index in [2.05, 4.69) is 31.0 Å². The molecule has 1 aromatic heterocycles. The second kappa shape index (κ2) is 5.59. The molecule has 1 aliphatic heterocycles. The Morgan fingerprint density at radius 1 is 1.29 bits per heavy atom. The van der Waals surface area contributed by atoms with Crippen molar-refractivity contribution < 1.29 is 13.2 Å². The Balaban J connectivity index is 2.09. The van der Waals surface area contributed by atoms with Gasteiger partial charge in [-0.2, -0.15) is 13.2 Å². The first-order chi connectivity index (χ1) is 9.56. The highest BCUT2D eigenvalue weighted by atomic mass is 19.4. The number of nitrogens with zero attached hydrogens (tertiary/aromatic N) is 3. The van der Waals surface area contributed by atoms with Crippen LogP contribution in [0.3, 0.4) is 0 Å². The topological polar surface area (TPSA) is 56.7 Å². The van der Waals surface area contributed by atoms with E-state index in [0.29, 0.717) is 24.5 Å². The number of halogens is 3. The molecule has 0 bridgehead atoms. The number of alkyl halides is 3. The minimum atomic E-state index is -4.16. The van der Waals surface area contributed by atoms with E-state index >= 15 is 0 Å². The van der Waals surface area contributed by atoms with Crippen molar-refractivity contribution in [2.75, 3.05) is 0 Å². The van der Waals surface area contributed by atoms with Crippen molar-refractivity contribution in [3.8, 4) is 0 Å². The van der Waals surface area contributed by atoms with Crippen LogP contribution in [0.2, 0.25) is 0 Å². The van der Waals surface area contributed by atoms with E-state index in [1.54, 1.807) is 4.57 Å². The standard InChI is InChI=1S/C14H23F3N4/c1-13(2,3)7-10(18)6-12-20-19-11-5-4-9(8-21(11)12)14(15,16)17/h9-10H,4-8,18H2,1-3H3. The zero-order valence-electron chi connectivity index (χ0n) is 12.7. The zero-order chi connectivity index (χ0) is 15.8. The lowest BCUT2D eigenvalue weighted by Gasteiger charge is -2.27. The molecule has 0 radical (unpaired) electrons. The van der Waals surface area contributed by atoms with Crippen LogP contribution in [-0.2, 0) is 19.4 Å². The Labute approximate surface area is 122 Å². The summed E-state index contributed by atoms with van der Waals surface area (Å²) in [6, 6.07) is -0.121. The molecule has 1 aromatic rings.